The van der Waals surface area contributed by atoms with Crippen LogP contribution in [-0.2, 0) is 0 Å². The highest BCUT2D eigenvalue weighted by Gasteiger charge is 2.19. The third kappa shape index (κ3) is 3.85. The summed E-state index contributed by atoms with van der Waals surface area (Å²) >= 11 is 6.10. The first-order valence-electron chi connectivity index (χ1n) is 8.22. The summed E-state index contributed by atoms with van der Waals surface area (Å²) in [5, 5.41) is 7.53. The van der Waals surface area contributed by atoms with Crippen LogP contribution in [0.1, 0.15) is 21.6 Å². The molecule has 6 nitrogen and oxygen atoms in total. The number of nitrogens with one attached hydrogen (secondary N) is 1. The summed E-state index contributed by atoms with van der Waals surface area (Å²) in [5.41, 5.74) is 2.50. The maximum absolute atomic E-state index is 12.8. The van der Waals surface area contributed by atoms with E-state index in [0.29, 0.717) is 16.4 Å². The summed E-state index contributed by atoms with van der Waals surface area (Å²) in [6.07, 6.45) is 0. The minimum atomic E-state index is -0.502. The number of aromatic nitrogens is 2. The van der Waals surface area contributed by atoms with Crippen LogP contribution in [0.15, 0.2) is 53.3 Å². The number of benzene rings is 2. The first-order valence-corrected chi connectivity index (χ1v) is 8.60. The zero-order valence-corrected chi connectivity index (χ0v) is 15.9. The number of ether oxygens (including phenoxy) is 1. The molecule has 27 heavy (non-hydrogen) atoms. The number of hydrogen-bond donors (Lipinski definition) is 1. The molecule has 7 heteroatoms. The van der Waals surface area contributed by atoms with Crippen LogP contribution in [0.2, 0.25) is 5.02 Å². The van der Waals surface area contributed by atoms with Gasteiger partial charge < -0.3 is 10.1 Å². The lowest BCUT2D eigenvalue weighted by molar-refractivity contribution is 0.101. The van der Waals surface area contributed by atoms with Crippen LogP contribution in [0.4, 0.5) is 5.69 Å². The Morgan fingerprint density at radius 3 is 2.52 bits per heavy atom. The Kier molecular flexibility index (Phi) is 5.28. The van der Waals surface area contributed by atoms with Gasteiger partial charge in [-0.25, -0.2) is 0 Å². The average molecular weight is 384 g/mol. The van der Waals surface area contributed by atoms with Gasteiger partial charge in [-0.3, -0.25) is 9.59 Å². The lowest BCUT2D eigenvalue weighted by Gasteiger charge is -2.13. The third-order valence-electron chi connectivity index (χ3n) is 4.13. The standard InChI is InChI=1S/C20H18ClN3O3/c1-12-7-9-14(10-8-12)24-18(25)11-17(27-3)19(23-24)20(26)22-16-6-4-5-15(21)13(16)2/h4-11H,1-3H3,(H,22,26). The Bertz CT molecular complexity index is 1060. The molecule has 0 atom stereocenters. The van der Waals surface area contributed by atoms with Gasteiger partial charge in [-0.15, -0.1) is 0 Å². The SMILES string of the molecule is COc1cc(=O)n(-c2ccc(C)cc2)nc1C(=O)Nc1cccc(Cl)c1C. The lowest BCUT2D eigenvalue weighted by atomic mass is 10.2. The molecule has 0 saturated carbocycles. The number of methoxy groups -OCH3 is 1. The van der Waals surface area contributed by atoms with Gasteiger partial charge in [0.15, 0.2) is 11.4 Å². The van der Waals surface area contributed by atoms with Gasteiger partial charge in [-0.1, -0.05) is 35.4 Å². The minimum absolute atomic E-state index is 0.00273. The Balaban J connectivity index is 2.04. The van der Waals surface area contributed by atoms with Crippen molar-refractivity contribution in [1.82, 2.24) is 9.78 Å². The van der Waals surface area contributed by atoms with Crippen molar-refractivity contribution in [3.63, 3.8) is 0 Å². The van der Waals surface area contributed by atoms with Crippen molar-refractivity contribution < 1.29 is 9.53 Å². The molecule has 1 amide bonds. The molecular formula is C20H18ClN3O3. The molecule has 0 saturated heterocycles. The molecule has 3 aromatic rings. The van der Waals surface area contributed by atoms with E-state index in [9.17, 15) is 9.59 Å². The molecule has 0 bridgehead atoms. The van der Waals surface area contributed by atoms with Gasteiger partial charge in [-0.2, -0.15) is 9.78 Å². The van der Waals surface area contributed by atoms with Crippen LogP contribution in [0, 0.1) is 13.8 Å². The zero-order valence-electron chi connectivity index (χ0n) is 15.1. The molecule has 0 fully saturated rings. The highest BCUT2D eigenvalue weighted by molar-refractivity contribution is 6.31. The molecule has 1 heterocycles. The van der Waals surface area contributed by atoms with E-state index < -0.39 is 11.5 Å². The summed E-state index contributed by atoms with van der Waals surface area (Å²) in [5.74, 6) is -0.404. The molecule has 0 aliphatic carbocycles. The van der Waals surface area contributed by atoms with Crippen molar-refractivity contribution in [3.05, 3.63) is 80.7 Å². The lowest BCUT2D eigenvalue weighted by Crippen LogP contribution is -2.26. The van der Waals surface area contributed by atoms with Gasteiger partial charge in [0.1, 0.15) is 0 Å². The summed E-state index contributed by atoms with van der Waals surface area (Å²) in [6, 6.07) is 13.7. The fourth-order valence-electron chi connectivity index (χ4n) is 2.55. The molecule has 138 valence electrons. The zero-order chi connectivity index (χ0) is 19.6. The quantitative estimate of drug-likeness (QED) is 0.744. The second-order valence-electron chi connectivity index (χ2n) is 6.01. The highest BCUT2D eigenvalue weighted by Crippen LogP contribution is 2.24. The Hall–Kier alpha value is -3.12. The number of aryl methyl sites for hydroxylation is 1. The second-order valence-corrected chi connectivity index (χ2v) is 6.42. The van der Waals surface area contributed by atoms with Crippen molar-refractivity contribution in [2.24, 2.45) is 0 Å². The molecule has 0 aliphatic rings. The summed E-state index contributed by atoms with van der Waals surface area (Å²) in [4.78, 5) is 25.2. The molecule has 2 aromatic carbocycles. The van der Waals surface area contributed by atoms with E-state index in [-0.39, 0.29) is 11.4 Å². The van der Waals surface area contributed by atoms with Gasteiger partial charge in [-0.05, 0) is 43.7 Å². The molecule has 0 unspecified atom stereocenters. The number of carbonyl (C=O) groups excluding carboxylic acids is 1. The highest BCUT2D eigenvalue weighted by atomic mass is 35.5. The van der Waals surface area contributed by atoms with E-state index in [4.69, 9.17) is 16.3 Å². The topological polar surface area (TPSA) is 73.2 Å². The number of nitrogens with zero attached hydrogens (tertiary/aromatic N) is 2. The summed E-state index contributed by atoms with van der Waals surface area (Å²) in [6.45, 7) is 3.75. The molecular weight excluding hydrogens is 366 g/mol. The maximum atomic E-state index is 12.8. The monoisotopic (exact) mass is 383 g/mol. The van der Waals surface area contributed by atoms with Crippen LogP contribution < -0.4 is 15.6 Å². The number of anilines is 1. The van der Waals surface area contributed by atoms with E-state index in [1.165, 1.54) is 17.9 Å². The Labute approximate surface area is 161 Å². The molecule has 3 rings (SSSR count). The van der Waals surface area contributed by atoms with Crippen molar-refractivity contribution in [2.75, 3.05) is 12.4 Å². The summed E-state index contributed by atoms with van der Waals surface area (Å²) < 4.78 is 6.35. The van der Waals surface area contributed by atoms with E-state index >= 15 is 0 Å². The number of hydrogen-bond acceptors (Lipinski definition) is 4. The van der Waals surface area contributed by atoms with E-state index in [0.717, 1.165) is 11.1 Å². The number of rotatable bonds is 4. The largest absolute Gasteiger partial charge is 0.494 e. The first-order chi connectivity index (χ1) is 12.9. The molecule has 0 aliphatic heterocycles. The normalized spacial score (nSPS) is 10.5. The predicted octanol–water partition coefficient (Wildman–Crippen LogP) is 3.76. The molecule has 1 aromatic heterocycles. The number of carbonyl (C=O) groups is 1. The van der Waals surface area contributed by atoms with Crippen molar-refractivity contribution in [1.29, 1.82) is 0 Å². The fraction of sp³-hybridized carbons (Fsp3) is 0.150. The van der Waals surface area contributed by atoms with Gasteiger partial charge in [0, 0.05) is 10.7 Å². The van der Waals surface area contributed by atoms with Gasteiger partial charge in [0.25, 0.3) is 11.5 Å². The Morgan fingerprint density at radius 1 is 1.15 bits per heavy atom. The average Bonchev–Trinajstić information content (AvgIpc) is 2.66. The van der Waals surface area contributed by atoms with Gasteiger partial charge in [0.05, 0.1) is 18.9 Å². The third-order valence-corrected chi connectivity index (χ3v) is 4.54. The maximum Gasteiger partial charge on any atom is 0.280 e. The van der Waals surface area contributed by atoms with Crippen molar-refractivity contribution >= 4 is 23.2 Å². The van der Waals surface area contributed by atoms with Gasteiger partial charge in [0.2, 0.25) is 0 Å². The summed E-state index contributed by atoms with van der Waals surface area (Å²) in [7, 11) is 1.38. The van der Waals surface area contributed by atoms with Crippen LogP contribution in [0.5, 0.6) is 5.75 Å². The smallest absolute Gasteiger partial charge is 0.280 e. The van der Waals surface area contributed by atoms with Crippen LogP contribution in [0.25, 0.3) is 5.69 Å². The van der Waals surface area contributed by atoms with E-state index in [1.54, 1.807) is 37.3 Å². The van der Waals surface area contributed by atoms with Gasteiger partial charge >= 0.3 is 0 Å². The fourth-order valence-corrected chi connectivity index (χ4v) is 2.72. The molecule has 0 radical (unpaired) electrons. The minimum Gasteiger partial charge on any atom is -0.494 e. The second kappa shape index (κ2) is 7.63. The predicted molar refractivity (Wildman–Crippen MR) is 105 cm³/mol. The first kappa shape index (κ1) is 18.7. The molecule has 1 N–H and O–H groups in total. The van der Waals surface area contributed by atoms with E-state index in [2.05, 4.69) is 10.4 Å². The van der Waals surface area contributed by atoms with Crippen LogP contribution >= 0.6 is 11.6 Å². The Morgan fingerprint density at radius 2 is 1.85 bits per heavy atom. The van der Waals surface area contributed by atoms with Crippen molar-refractivity contribution in [2.45, 2.75) is 13.8 Å². The number of halogens is 1. The van der Waals surface area contributed by atoms with Crippen LogP contribution in [-0.4, -0.2) is 22.8 Å². The van der Waals surface area contributed by atoms with Crippen molar-refractivity contribution in [3.8, 4) is 11.4 Å². The van der Waals surface area contributed by atoms with E-state index in [1.807, 2.05) is 19.1 Å². The van der Waals surface area contributed by atoms with Crippen LogP contribution in [0.3, 0.4) is 0 Å². The number of amides is 1. The molecule has 0 spiro atoms.